The van der Waals surface area contributed by atoms with Crippen LogP contribution >= 0.6 is 0 Å². The van der Waals surface area contributed by atoms with Gasteiger partial charge >= 0.3 is 0 Å². The minimum absolute atomic E-state index is 0.133. The third kappa shape index (κ3) is 4.80. The van der Waals surface area contributed by atoms with Gasteiger partial charge in [0.25, 0.3) is 0 Å². The Balaban J connectivity index is 4.44. The molecule has 0 spiro atoms. The topological polar surface area (TPSA) is 9.23 Å². The fourth-order valence-corrected chi connectivity index (χ4v) is 1.11. The molecule has 0 saturated heterocycles. The summed E-state index contributed by atoms with van der Waals surface area (Å²) in [6, 6.07) is 0. The van der Waals surface area contributed by atoms with Crippen molar-refractivity contribution in [2.24, 2.45) is 5.41 Å². The first kappa shape index (κ1) is 13.7. The summed E-state index contributed by atoms with van der Waals surface area (Å²) in [4.78, 5) is 0. The Morgan fingerprint density at radius 3 is 1.64 bits per heavy atom. The van der Waals surface area contributed by atoms with Crippen LogP contribution < -0.4 is 0 Å². The highest BCUT2D eigenvalue weighted by Crippen LogP contribution is 2.26. The van der Waals surface area contributed by atoms with Crippen molar-refractivity contribution >= 4 is 0 Å². The lowest BCUT2D eigenvalue weighted by Crippen LogP contribution is -2.31. The second kappa shape index (κ2) is 4.48. The summed E-state index contributed by atoms with van der Waals surface area (Å²) in [5, 5.41) is 0. The smallest absolute Gasteiger partial charge is 0.0835 e. The van der Waals surface area contributed by atoms with Crippen molar-refractivity contribution in [1.82, 2.24) is 0 Å². The number of hydrogen-bond donors (Lipinski definition) is 0. The van der Waals surface area contributed by atoms with E-state index in [-0.39, 0.29) is 11.0 Å². The van der Waals surface area contributed by atoms with Crippen LogP contribution in [0, 0.1) is 5.41 Å². The van der Waals surface area contributed by atoms with Crippen molar-refractivity contribution < 1.29 is 4.74 Å². The van der Waals surface area contributed by atoms with E-state index in [1.54, 1.807) is 0 Å². The van der Waals surface area contributed by atoms with Gasteiger partial charge in [-0.25, -0.2) is 0 Å². The lowest BCUT2D eigenvalue weighted by atomic mass is 9.93. The first-order valence-corrected chi connectivity index (χ1v) is 5.35. The molecule has 0 bridgehead atoms. The molecule has 0 saturated carbocycles. The van der Waals surface area contributed by atoms with Gasteiger partial charge in [0.15, 0.2) is 0 Å². The van der Waals surface area contributed by atoms with E-state index in [9.17, 15) is 0 Å². The lowest BCUT2D eigenvalue weighted by molar-refractivity contribution is -0.0273. The van der Waals surface area contributed by atoms with E-state index in [2.05, 4.69) is 55.4 Å². The molecule has 0 fully saturated rings. The maximum absolute atomic E-state index is 5.96. The highest BCUT2D eigenvalue weighted by molar-refractivity contribution is 5.17. The summed E-state index contributed by atoms with van der Waals surface area (Å²) in [7, 11) is 0. The van der Waals surface area contributed by atoms with E-state index in [1.165, 1.54) is 11.1 Å². The highest BCUT2D eigenvalue weighted by atomic mass is 16.5. The molecule has 0 unspecified atom stereocenters. The second-order valence-electron chi connectivity index (χ2n) is 5.98. The van der Waals surface area contributed by atoms with Crippen LogP contribution in [0.25, 0.3) is 0 Å². The van der Waals surface area contributed by atoms with Crippen molar-refractivity contribution in [1.29, 1.82) is 0 Å². The molecule has 0 aromatic rings. The van der Waals surface area contributed by atoms with Gasteiger partial charge in [-0.15, -0.1) is 0 Å². The number of rotatable bonds is 3. The van der Waals surface area contributed by atoms with Crippen molar-refractivity contribution in [3.63, 3.8) is 0 Å². The largest absolute Gasteiger partial charge is 0.371 e. The molecule has 0 aromatic heterocycles. The van der Waals surface area contributed by atoms with Gasteiger partial charge in [-0.2, -0.15) is 0 Å². The average molecular weight is 198 g/mol. The number of hydrogen-bond acceptors (Lipinski definition) is 1. The zero-order valence-corrected chi connectivity index (χ0v) is 11.1. The standard InChI is InChI=1S/C13H26O/c1-10(2)11(3)13(7,8)14-9-12(4,5)6/h9H2,1-8H3. The molecule has 0 rings (SSSR count). The van der Waals surface area contributed by atoms with Gasteiger partial charge in [-0.1, -0.05) is 26.3 Å². The van der Waals surface area contributed by atoms with Crippen LogP contribution in [0.15, 0.2) is 11.1 Å². The van der Waals surface area contributed by atoms with E-state index < -0.39 is 0 Å². The van der Waals surface area contributed by atoms with Crippen molar-refractivity contribution in [3.8, 4) is 0 Å². The lowest BCUT2D eigenvalue weighted by Gasteiger charge is -2.31. The minimum Gasteiger partial charge on any atom is -0.371 e. The van der Waals surface area contributed by atoms with Crippen molar-refractivity contribution in [2.75, 3.05) is 6.61 Å². The molecular weight excluding hydrogens is 172 g/mol. The normalized spacial score (nSPS) is 12.9. The van der Waals surface area contributed by atoms with Crippen LogP contribution in [0.2, 0.25) is 0 Å². The number of allylic oxidation sites excluding steroid dienone is 1. The zero-order chi connectivity index (χ0) is 11.6. The Bertz CT molecular complexity index is 212. The molecule has 0 aliphatic rings. The predicted octanol–water partition coefficient (Wildman–Crippen LogP) is 4.18. The summed E-state index contributed by atoms with van der Waals surface area (Å²) in [6.45, 7) is 18.1. The van der Waals surface area contributed by atoms with E-state index >= 15 is 0 Å². The van der Waals surface area contributed by atoms with Crippen LogP contribution in [-0.2, 0) is 4.74 Å². The van der Waals surface area contributed by atoms with E-state index in [0.717, 1.165) is 6.61 Å². The van der Waals surface area contributed by atoms with Crippen LogP contribution in [0.4, 0.5) is 0 Å². The van der Waals surface area contributed by atoms with Crippen LogP contribution in [0.5, 0.6) is 0 Å². The fourth-order valence-electron chi connectivity index (χ4n) is 1.11. The van der Waals surface area contributed by atoms with E-state index in [4.69, 9.17) is 4.74 Å². The molecule has 0 aliphatic carbocycles. The van der Waals surface area contributed by atoms with Crippen LogP contribution in [-0.4, -0.2) is 12.2 Å². The molecule has 0 aromatic carbocycles. The molecule has 1 heteroatoms. The maximum atomic E-state index is 5.96. The Morgan fingerprint density at radius 2 is 1.36 bits per heavy atom. The summed E-state index contributed by atoms with van der Waals surface area (Å²) < 4.78 is 5.96. The van der Waals surface area contributed by atoms with Gasteiger partial charge in [0.1, 0.15) is 0 Å². The summed E-state index contributed by atoms with van der Waals surface area (Å²) in [5.74, 6) is 0. The first-order valence-electron chi connectivity index (χ1n) is 5.35. The van der Waals surface area contributed by atoms with Crippen LogP contribution in [0.3, 0.4) is 0 Å². The molecule has 0 heterocycles. The van der Waals surface area contributed by atoms with Gasteiger partial charge in [-0.05, 0) is 45.6 Å². The van der Waals surface area contributed by atoms with Crippen LogP contribution in [0.1, 0.15) is 55.4 Å². The maximum Gasteiger partial charge on any atom is 0.0835 e. The van der Waals surface area contributed by atoms with Gasteiger partial charge in [0, 0.05) is 0 Å². The Hall–Kier alpha value is -0.300. The predicted molar refractivity (Wildman–Crippen MR) is 63.5 cm³/mol. The third-order valence-electron chi connectivity index (χ3n) is 2.52. The van der Waals surface area contributed by atoms with Gasteiger partial charge in [-0.3, -0.25) is 0 Å². The Morgan fingerprint density at radius 1 is 0.929 bits per heavy atom. The molecule has 0 amide bonds. The molecule has 1 nitrogen and oxygen atoms in total. The molecule has 0 radical (unpaired) electrons. The van der Waals surface area contributed by atoms with Gasteiger partial charge in [0.2, 0.25) is 0 Å². The van der Waals surface area contributed by atoms with E-state index in [0.29, 0.717) is 0 Å². The minimum atomic E-state index is -0.133. The second-order valence-corrected chi connectivity index (χ2v) is 5.98. The molecule has 0 atom stereocenters. The summed E-state index contributed by atoms with van der Waals surface area (Å²) in [6.07, 6.45) is 0. The SMILES string of the molecule is CC(C)=C(C)C(C)(C)OCC(C)(C)C. The third-order valence-corrected chi connectivity index (χ3v) is 2.52. The zero-order valence-electron chi connectivity index (χ0n) is 11.1. The van der Waals surface area contributed by atoms with Crippen molar-refractivity contribution in [2.45, 2.75) is 61.0 Å². The monoisotopic (exact) mass is 198 g/mol. The molecule has 0 N–H and O–H groups in total. The molecule has 84 valence electrons. The first-order chi connectivity index (χ1) is 6.06. The average Bonchev–Trinajstić information content (AvgIpc) is 1.98. The molecular formula is C13H26O. The fraction of sp³-hybridized carbons (Fsp3) is 0.846. The summed E-state index contributed by atoms with van der Waals surface area (Å²) in [5.41, 5.74) is 2.79. The Labute approximate surface area is 89.5 Å². The van der Waals surface area contributed by atoms with Crippen molar-refractivity contribution in [3.05, 3.63) is 11.1 Å². The van der Waals surface area contributed by atoms with Gasteiger partial charge < -0.3 is 4.74 Å². The number of ether oxygens (including phenoxy) is 1. The molecule has 14 heavy (non-hydrogen) atoms. The Kier molecular flexibility index (Phi) is 4.38. The van der Waals surface area contributed by atoms with Gasteiger partial charge in [0.05, 0.1) is 12.2 Å². The highest BCUT2D eigenvalue weighted by Gasteiger charge is 2.24. The molecule has 0 aliphatic heterocycles. The summed E-state index contributed by atoms with van der Waals surface area (Å²) >= 11 is 0. The quantitative estimate of drug-likeness (QED) is 0.618. The van der Waals surface area contributed by atoms with E-state index in [1.807, 2.05) is 0 Å².